The first-order chi connectivity index (χ1) is 15.2. The van der Waals surface area contributed by atoms with E-state index in [1.165, 1.54) is 22.5 Å². The summed E-state index contributed by atoms with van der Waals surface area (Å²) in [5.74, 6) is 0.507. The van der Waals surface area contributed by atoms with Crippen LogP contribution in [0.3, 0.4) is 0 Å². The van der Waals surface area contributed by atoms with Gasteiger partial charge in [-0.05, 0) is 24.3 Å². The molecule has 1 N–H and O–H groups in total. The van der Waals surface area contributed by atoms with Crippen molar-refractivity contribution in [3.05, 3.63) is 57.6 Å². The molecule has 0 unspecified atom stereocenters. The number of nitrogens with zero attached hydrogens (tertiary/aromatic N) is 3. The van der Waals surface area contributed by atoms with Gasteiger partial charge in [-0.3, -0.25) is 14.9 Å². The fourth-order valence-electron chi connectivity index (χ4n) is 3.37. The third kappa shape index (κ3) is 5.47. The molecule has 0 atom stereocenters. The van der Waals surface area contributed by atoms with Crippen LogP contribution in [-0.2, 0) is 14.8 Å². The molecule has 1 aliphatic rings. The first-order valence-electron chi connectivity index (χ1n) is 9.82. The molecule has 2 aromatic carbocycles. The van der Waals surface area contributed by atoms with Crippen molar-refractivity contribution in [2.24, 2.45) is 0 Å². The van der Waals surface area contributed by atoms with Gasteiger partial charge in [0, 0.05) is 56.3 Å². The Hall–Kier alpha value is -2.89. The van der Waals surface area contributed by atoms with Crippen molar-refractivity contribution in [2.45, 2.75) is 11.3 Å². The van der Waals surface area contributed by atoms with Crippen molar-refractivity contribution in [3.63, 3.8) is 0 Å². The SMILES string of the molecule is COc1ccc(Cl)cc1NCCC(=O)N1CCN(S(=O)(=O)c2cccc([N+](=O)[O-])c2)CC1. The topological polar surface area (TPSA) is 122 Å². The third-order valence-electron chi connectivity index (χ3n) is 5.07. The van der Waals surface area contributed by atoms with Crippen LogP contribution >= 0.6 is 11.6 Å². The first-order valence-corrected chi connectivity index (χ1v) is 11.6. The van der Waals surface area contributed by atoms with E-state index in [2.05, 4.69) is 5.32 Å². The number of sulfonamides is 1. The lowest BCUT2D eigenvalue weighted by Crippen LogP contribution is -2.50. The number of piperazine rings is 1. The van der Waals surface area contributed by atoms with E-state index in [-0.39, 0.29) is 49.1 Å². The number of hydrogen-bond acceptors (Lipinski definition) is 7. The largest absolute Gasteiger partial charge is 0.495 e. The second-order valence-corrected chi connectivity index (χ2v) is 9.44. The van der Waals surface area contributed by atoms with Crippen LogP contribution in [0.4, 0.5) is 11.4 Å². The van der Waals surface area contributed by atoms with E-state index in [0.717, 1.165) is 6.07 Å². The number of rotatable bonds is 8. The summed E-state index contributed by atoms with van der Waals surface area (Å²) in [4.78, 5) is 24.3. The molecule has 0 aliphatic carbocycles. The predicted molar refractivity (Wildman–Crippen MR) is 120 cm³/mol. The number of amides is 1. The summed E-state index contributed by atoms with van der Waals surface area (Å²) in [6, 6.07) is 10.1. The maximum atomic E-state index is 12.8. The van der Waals surface area contributed by atoms with Crippen LogP contribution in [0.25, 0.3) is 0 Å². The Morgan fingerprint density at radius 3 is 2.56 bits per heavy atom. The summed E-state index contributed by atoms with van der Waals surface area (Å²) < 4.78 is 32.1. The van der Waals surface area contributed by atoms with Crippen molar-refractivity contribution >= 4 is 38.9 Å². The molecule has 1 amide bonds. The third-order valence-corrected chi connectivity index (χ3v) is 7.20. The second kappa shape index (κ2) is 10.2. The smallest absolute Gasteiger partial charge is 0.270 e. The van der Waals surface area contributed by atoms with Crippen LogP contribution in [0.2, 0.25) is 5.02 Å². The Bertz CT molecular complexity index is 1100. The van der Waals surface area contributed by atoms with Crippen molar-refractivity contribution in [2.75, 3.05) is 45.2 Å². The van der Waals surface area contributed by atoms with Crippen molar-refractivity contribution < 1.29 is 22.9 Å². The number of methoxy groups -OCH3 is 1. The molecule has 172 valence electrons. The van der Waals surface area contributed by atoms with Gasteiger partial charge in [0.15, 0.2) is 0 Å². The van der Waals surface area contributed by atoms with Gasteiger partial charge in [0.05, 0.1) is 22.6 Å². The molecule has 0 bridgehead atoms. The van der Waals surface area contributed by atoms with E-state index < -0.39 is 14.9 Å². The zero-order chi connectivity index (χ0) is 23.3. The molecule has 1 fully saturated rings. The molecule has 0 radical (unpaired) electrons. The van der Waals surface area contributed by atoms with E-state index in [4.69, 9.17) is 16.3 Å². The standard InChI is InChI=1S/C20H23ClN4O6S/c1-31-19-6-5-15(21)13-18(19)22-8-7-20(26)23-9-11-24(12-10-23)32(29,30)17-4-2-3-16(14-17)25(27)28/h2-6,13-14,22H,7-12H2,1H3. The highest BCUT2D eigenvalue weighted by Crippen LogP contribution is 2.27. The number of carbonyl (C=O) groups excluding carboxylic acids is 1. The number of hydrogen-bond donors (Lipinski definition) is 1. The predicted octanol–water partition coefficient (Wildman–Crippen LogP) is 2.59. The Morgan fingerprint density at radius 2 is 1.91 bits per heavy atom. The summed E-state index contributed by atoms with van der Waals surface area (Å²) >= 11 is 6.00. The number of carbonyl (C=O) groups is 1. The zero-order valence-electron chi connectivity index (χ0n) is 17.4. The fourth-order valence-corrected chi connectivity index (χ4v) is 5.00. The van der Waals surface area contributed by atoms with E-state index in [1.807, 2.05) is 0 Å². The molecule has 3 rings (SSSR count). The highest BCUT2D eigenvalue weighted by molar-refractivity contribution is 7.89. The Kier molecular flexibility index (Phi) is 7.54. The molecule has 0 saturated carbocycles. The molecular weight excluding hydrogens is 460 g/mol. The number of nitrogens with one attached hydrogen (secondary N) is 1. The lowest BCUT2D eigenvalue weighted by atomic mass is 10.2. The van der Waals surface area contributed by atoms with Gasteiger partial charge in [0.25, 0.3) is 5.69 Å². The molecular formula is C20H23ClN4O6S. The Balaban J connectivity index is 1.54. The number of benzene rings is 2. The number of halogens is 1. The highest BCUT2D eigenvalue weighted by Gasteiger charge is 2.30. The summed E-state index contributed by atoms with van der Waals surface area (Å²) in [5.41, 5.74) is 0.393. The van der Waals surface area contributed by atoms with E-state index in [0.29, 0.717) is 23.0 Å². The van der Waals surface area contributed by atoms with Gasteiger partial charge < -0.3 is 15.0 Å². The van der Waals surface area contributed by atoms with Gasteiger partial charge in [-0.2, -0.15) is 4.31 Å². The maximum absolute atomic E-state index is 12.8. The molecule has 0 spiro atoms. The minimum absolute atomic E-state index is 0.106. The number of non-ortho nitro benzene ring substituents is 1. The van der Waals surface area contributed by atoms with Gasteiger partial charge in [-0.15, -0.1) is 0 Å². The quantitative estimate of drug-likeness (QED) is 0.453. The van der Waals surface area contributed by atoms with Crippen LogP contribution in [0.15, 0.2) is 47.4 Å². The summed E-state index contributed by atoms with van der Waals surface area (Å²) in [7, 11) is -2.34. The monoisotopic (exact) mass is 482 g/mol. The van der Waals surface area contributed by atoms with Crippen LogP contribution in [0, 0.1) is 10.1 Å². The van der Waals surface area contributed by atoms with E-state index in [1.54, 1.807) is 30.2 Å². The summed E-state index contributed by atoms with van der Waals surface area (Å²) in [5, 5.41) is 14.6. The second-order valence-electron chi connectivity index (χ2n) is 7.06. The minimum Gasteiger partial charge on any atom is -0.495 e. The van der Waals surface area contributed by atoms with Crippen molar-refractivity contribution in [1.29, 1.82) is 0 Å². The molecule has 1 heterocycles. The fraction of sp³-hybridized carbons (Fsp3) is 0.350. The number of ether oxygens (including phenoxy) is 1. The average molecular weight is 483 g/mol. The van der Waals surface area contributed by atoms with Crippen LogP contribution in [0.5, 0.6) is 5.75 Å². The lowest BCUT2D eigenvalue weighted by molar-refractivity contribution is -0.385. The average Bonchev–Trinajstić information content (AvgIpc) is 2.79. The van der Waals surface area contributed by atoms with Crippen LogP contribution in [0.1, 0.15) is 6.42 Å². The number of anilines is 1. The van der Waals surface area contributed by atoms with E-state index in [9.17, 15) is 23.3 Å². The molecule has 1 saturated heterocycles. The number of nitro groups is 1. The van der Waals surface area contributed by atoms with Crippen LogP contribution < -0.4 is 10.1 Å². The van der Waals surface area contributed by atoms with Crippen molar-refractivity contribution in [3.8, 4) is 5.75 Å². The minimum atomic E-state index is -3.88. The normalized spacial score (nSPS) is 14.8. The number of nitro benzene ring substituents is 1. The molecule has 0 aromatic heterocycles. The Morgan fingerprint density at radius 1 is 1.19 bits per heavy atom. The van der Waals surface area contributed by atoms with Gasteiger partial charge in [0.1, 0.15) is 5.75 Å². The molecule has 32 heavy (non-hydrogen) atoms. The summed E-state index contributed by atoms with van der Waals surface area (Å²) in [6.45, 7) is 1.08. The molecule has 1 aliphatic heterocycles. The van der Waals surface area contributed by atoms with Gasteiger partial charge in [-0.1, -0.05) is 17.7 Å². The highest BCUT2D eigenvalue weighted by atomic mass is 35.5. The Labute approximate surface area is 190 Å². The van der Waals surface area contributed by atoms with Crippen LogP contribution in [-0.4, -0.2) is 68.3 Å². The first kappa shape index (κ1) is 23.8. The van der Waals surface area contributed by atoms with Gasteiger partial charge >= 0.3 is 0 Å². The van der Waals surface area contributed by atoms with Crippen molar-refractivity contribution in [1.82, 2.24) is 9.21 Å². The summed E-state index contributed by atoms with van der Waals surface area (Å²) in [6.07, 6.45) is 0.216. The lowest BCUT2D eigenvalue weighted by Gasteiger charge is -2.34. The molecule has 2 aromatic rings. The van der Waals surface area contributed by atoms with Gasteiger partial charge in [0.2, 0.25) is 15.9 Å². The maximum Gasteiger partial charge on any atom is 0.270 e. The van der Waals surface area contributed by atoms with Gasteiger partial charge in [-0.25, -0.2) is 8.42 Å². The molecule has 10 nitrogen and oxygen atoms in total. The molecule has 12 heteroatoms. The van der Waals surface area contributed by atoms with E-state index >= 15 is 0 Å². The zero-order valence-corrected chi connectivity index (χ0v) is 18.9.